The summed E-state index contributed by atoms with van der Waals surface area (Å²) in [6.45, 7) is 4.44. The van der Waals surface area contributed by atoms with Crippen molar-refractivity contribution in [3.63, 3.8) is 0 Å². The number of aromatic nitrogens is 2. The third kappa shape index (κ3) is 0.814. The minimum Gasteiger partial charge on any atom is -0.335 e. The van der Waals surface area contributed by atoms with E-state index in [2.05, 4.69) is 0 Å². The summed E-state index contributed by atoms with van der Waals surface area (Å²) >= 11 is 0. The summed E-state index contributed by atoms with van der Waals surface area (Å²) in [6.07, 6.45) is 1.62. The minimum absolute atomic E-state index is 0.153. The number of rotatable bonds is 1. The Bertz CT molecular complexity index is 284. The number of imidazole rings is 1. The first kappa shape index (κ1) is 6.92. The highest BCUT2D eigenvalue weighted by molar-refractivity contribution is 4.96. The minimum atomic E-state index is -0.153. The second-order valence-corrected chi connectivity index (χ2v) is 2.20. The van der Waals surface area contributed by atoms with Gasteiger partial charge in [0, 0.05) is 12.2 Å². The monoisotopic (exact) mass is 141 g/mol. The van der Waals surface area contributed by atoms with E-state index in [0.29, 0.717) is 6.54 Å². The van der Waals surface area contributed by atoms with Gasteiger partial charge in [0.05, 0.1) is 6.20 Å². The van der Waals surface area contributed by atoms with E-state index < -0.39 is 0 Å². The fraction of sp³-hybridized carbons (Fsp3) is 0.500. The molecule has 1 heterocycles. The van der Waals surface area contributed by atoms with Crippen LogP contribution in [0, 0.1) is 6.92 Å². The third-order valence-corrected chi connectivity index (χ3v) is 1.52. The molecule has 0 aromatic carbocycles. The molecule has 0 aliphatic rings. The van der Waals surface area contributed by atoms with Crippen LogP contribution < -0.4 is 11.5 Å². The second kappa shape index (κ2) is 2.21. The lowest BCUT2D eigenvalue weighted by Crippen LogP contribution is -2.28. The van der Waals surface area contributed by atoms with E-state index in [1.54, 1.807) is 10.8 Å². The maximum absolute atomic E-state index is 11.0. The van der Waals surface area contributed by atoms with Gasteiger partial charge in [-0.3, -0.25) is 4.57 Å². The highest BCUT2D eigenvalue weighted by Gasteiger charge is 2.01. The van der Waals surface area contributed by atoms with Gasteiger partial charge in [-0.25, -0.2) is 9.47 Å². The Balaban J connectivity index is 3.34. The Morgan fingerprint density at radius 1 is 1.70 bits per heavy atom. The van der Waals surface area contributed by atoms with Crippen LogP contribution in [0.25, 0.3) is 0 Å². The van der Waals surface area contributed by atoms with Crippen LogP contribution in [0.2, 0.25) is 0 Å². The van der Waals surface area contributed by atoms with E-state index in [-0.39, 0.29) is 5.69 Å². The third-order valence-electron chi connectivity index (χ3n) is 1.52. The number of aryl methyl sites for hydroxylation is 1. The highest BCUT2D eigenvalue weighted by Crippen LogP contribution is 1.90. The molecule has 0 amide bonds. The molecule has 0 spiro atoms. The van der Waals surface area contributed by atoms with Crippen LogP contribution in [0.15, 0.2) is 11.0 Å². The molecule has 2 N–H and O–H groups in total. The Morgan fingerprint density at radius 3 is 2.50 bits per heavy atom. The van der Waals surface area contributed by atoms with E-state index in [9.17, 15) is 4.79 Å². The van der Waals surface area contributed by atoms with Crippen LogP contribution in [-0.4, -0.2) is 9.24 Å². The van der Waals surface area contributed by atoms with Gasteiger partial charge in [-0.2, -0.15) is 0 Å². The molecule has 0 aliphatic heterocycles. The number of nitrogen functional groups attached to an aromatic ring is 1. The molecule has 0 saturated carbocycles. The van der Waals surface area contributed by atoms with Gasteiger partial charge >= 0.3 is 5.69 Å². The Hall–Kier alpha value is -1.19. The Morgan fingerprint density at radius 2 is 2.30 bits per heavy atom. The molecule has 4 nitrogen and oxygen atoms in total. The molecular formula is C6H11N3O. The van der Waals surface area contributed by atoms with Crippen molar-refractivity contribution in [3.05, 3.63) is 22.4 Å². The summed E-state index contributed by atoms with van der Waals surface area (Å²) in [5, 5.41) is 0. The fourth-order valence-corrected chi connectivity index (χ4v) is 1.00. The average Bonchev–Trinajstić information content (AvgIpc) is 2.09. The van der Waals surface area contributed by atoms with Crippen molar-refractivity contribution in [1.82, 2.24) is 9.24 Å². The van der Waals surface area contributed by atoms with E-state index in [4.69, 9.17) is 5.84 Å². The molecule has 0 radical (unpaired) electrons. The number of hydrogen-bond donors (Lipinski definition) is 1. The van der Waals surface area contributed by atoms with Crippen molar-refractivity contribution in [2.75, 3.05) is 5.84 Å². The molecule has 0 fully saturated rings. The normalized spacial score (nSPS) is 10.2. The predicted octanol–water partition coefficient (Wildman–Crippen LogP) is -0.308. The quantitative estimate of drug-likeness (QED) is 0.545. The predicted molar refractivity (Wildman–Crippen MR) is 39.3 cm³/mol. The lowest BCUT2D eigenvalue weighted by Gasteiger charge is -1.94. The smallest absolute Gasteiger partial charge is 0.335 e. The van der Waals surface area contributed by atoms with Gasteiger partial charge in [-0.15, -0.1) is 0 Å². The van der Waals surface area contributed by atoms with Crippen LogP contribution in [-0.2, 0) is 6.54 Å². The van der Waals surface area contributed by atoms with E-state index in [0.717, 1.165) is 10.4 Å². The van der Waals surface area contributed by atoms with Gasteiger partial charge in [-0.1, -0.05) is 0 Å². The molecule has 1 aromatic rings. The van der Waals surface area contributed by atoms with Gasteiger partial charge in [0.1, 0.15) is 0 Å². The summed E-state index contributed by atoms with van der Waals surface area (Å²) in [6, 6.07) is 0. The van der Waals surface area contributed by atoms with Crippen LogP contribution >= 0.6 is 0 Å². The Labute approximate surface area is 58.8 Å². The lowest BCUT2D eigenvalue weighted by atomic mass is 10.5. The first-order valence-electron chi connectivity index (χ1n) is 3.20. The summed E-state index contributed by atoms with van der Waals surface area (Å²) in [5.74, 6) is 5.30. The summed E-state index contributed by atoms with van der Waals surface area (Å²) < 4.78 is 2.71. The zero-order valence-electron chi connectivity index (χ0n) is 6.16. The SMILES string of the molecule is CCn1c(C)cn(N)c1=O. The lowest BCUT2D eigenvalue weighted by molar-refractivity contribution is 0.690. The maximum atomic E-state index is 11.0. The molecule has 10 heavy (non-hydrogen) atoms. The van der Waals surface area contributed by atoms with Crippen molar-refractivity contribution < 1.29 is 0 Å². The maximum Gasteiger partial charge on any atom is 0.346 e. The van der Waals surface area contributed by atoms with Crippen LogP contribution in [0.1, 0.15) is 12.6 Å². The fourth-order valence-electron chi connectivity index (χ4n) is 1.00. The van der Waals surface area contributed by atoms with E-state index in [1.807, 2.05) is 13.8 Å². The van der Waals surface area contributed by atoms with Crippen LogP contribution in [0.4, 0.5) is 0 Å². The standard InChI is InChI=1S/C6H11N3O/c1-3-8-5(2)4-9(7)6(8)10/h4H,3,7H2,1-2H3. The first-order chi connectivity index (χ1) is 4.66. The van der Waals surface area contributed by atoms with Crippen molar-refractivity contribution in [2.45, 2.75) is 20.4 Å². The van der Waals surface area contributed by atoms with Gasteiger partial charge < -0.3 is 5.84 Å². The first-order valence-corrected chi connectivity index (χ1v) is 3.20. The van der Waals surface area contributed by atoms with Crippen LogP contribution in [0.3, 0.4) is 0 Å². The molecule has 0 saturated heterocycles. The van der Waals surface area contributed by atoms with E-state index in [1.165, 1.54) is 0 Å². The molecule has 0 unspecified atom stereocenters. The summed E-state index contributed by atoms with van der Waals surface area (Å²) in [7, 11) is 0. The molecule has 4 heteroatoms. The molecule has 0 bridgehead atoms. The average molecular weight is 141 g/mol. The zero-order chi connectivity index (χ0) is 7.72. The molecule has 0 atom stereocenters. The van der Waals surface area contributed by atoms with Gasteiger partial charge in [0.25, 0.3) is 0 Å². The molecule has 56 valence electrons. The zero-order valence-corrected chi connectivity index (χ0v) is 6.16. The molecular weight excluding hydrogens is 130 g/mol. The highest BCUT2D eigenvalue weighted by atomic mass is 16.2. The van der Waals surface area contributed by atoms with Gasteiger partial charge in [0.2, 0.25) is 0 Å². The van der Waals surface area contributed by atoms with Crippen molar-refractivity contribution >= 4 is 0 Å². The van der Waals surface area contributed by atoms with Gasteiger partial charge in [-0.05, 0) is 13.8 Å². The number of nitrogens with zero attached hydrogens (tertiary/aromatic N) is 2. The molecule has 0 aliphatic carbocycles. The van der Waals surface area contributed by atoms with Crippen molar-refractivity contribution in [1.29, 1.82) is 0 Å². The summed E-state index contributed by atoms with van der Waals surface area (Å²) in [5.41, 5.74) is 0.745. The molecule has 1 rings (SSSR count). The van der Waals surface area contributed by atoms with Crippen molar-refractivity contribution in [2.24, 2.45) is 0 Å². The topological polar surface area (TPSA) is 52.9 Å². The summed E-state index contributed by atoms with van der Waals surface area (Å²) in [4.78, 5) is 11.0. The van der Waals surface area contributed by atoms with Crippen molar-refractivity contribution in [3.8, 4) is 0 Å². The largest absolute Gasteiger partial charge is 0.346 e. The molecule has 1 aromatic heterocycles. The van der Waals surface area contributed by atoms with E-state index >= 15 is 0 Å². The second-order valence-electron chi connectivity index (χ2n) is 2.20. The van der Waals surface area contributed by atoms with Crippen LogP contribution in [0.5, 0.6) is 0 Å². The number of hydrogen-bond acceptors (Lipinski definition) is 2. The Kier molecular flexibility index (Phi) is 1.53. The number of nitrogens with two attached hydrogens (primary N) is 1. The van der Waals surface area contributed by atoms with Gasteiger partial charge in [0.15, 0.2) is 0 Å².